The molecule has 0 radical (unpaired) electrons. The van der Waals surface area contributed by atoms with Gasteiger partial charge in [0.25, 0.3) is 0 Å². The number of anilines is 2. The predicted molar refractivity (Wildman–Crippen MR) is 75.2 cm³/mol. The van der Waals surface area contributed by atoms with Crippen molar-refractivity contribution in [3.05, 3.63) is 16.3 Å². The van der Waals surface area contributed by atoms with E-state index in [1.54, 1.807) is 0 Å². The lowest BCUT2D eigenvalue weighted by Crippen LogP contribution is -2.45. The van der Waals surface area contributed by atoms with Gasteiger partial charge in [0, 0.05) is 23.6 Å². The van der Waals surface area contributed by atoms with Crippen LogP contribution in [0.1, 0.15) is 13.8 Å². The van der Waals surface area contributed by atoms with E-state index in [9.17, 15) is 10.1 Å². The molecule has 8 nitrogen and oxygen atoms in total. The van der Waals surface area contributed by atoms with Crippen LogP contribution < -0.4 is 16.2 Å². The first-order valence-electron chi connectivity index (χ1n) is 5.91. The summed E-state index contributed by atoms with van der Waals surface area (Å²) in [5.74, 6) is 6.69. The Labute approximate surface area is 114 Å². The molecule has 2 atom stereocenters. The Hall–Kier alpha value is -1.61. The van der Waals surface area contributed by atoms with Crippen molar-refractivity contribution in [1.29, 1.82) is 0 Å². The average molecular weight is 284 g/mol. The molecule has 1 fully saturated rings. The molecule has 2 unspecified atom stereocenters. The van der Waals surface area contributed by atoms with Crippen LogP contribution in [0.4, 0.5) is 17.5 Å². The van der Waals surface area contributed by atoms with E-state index < -0.39 is 4.92 Å². The summed E-state index contributed by atoms with van der Waals surface area (Å²) in [6.07, 6.45) is 1.19. The van der Waals surface area contributed by atoms with Gasteiger partial charge in [-0.25, -0.2) is 10.8 Å². The highest BCUT2D eigenvalue weighted by Crippen LogP contribution is 2.33. The fourth-order valence-corrected chi connectivity index (χ4v) is 3.11. The number of rotatable bonds is 3. The number of aromatic nitrogens is 2. The summed E-state index contributed by atoms with van der Waals surface area (Å²) in [6, 6.07) is 0.165. The molecule has 1 aromatic rings. The van der Waals surface area contributed by atoms with Gasteiger partial charge in [-0.1, -0.05) is 6.92 Å². The van der Waals surface area contributed by atoms with Crippen molar-refractivity contribution in [3.63, 3.8) is 0 Å². The van der Waals surface area contributed by atoms with Crippen LogP contribution in [0.25, 0.3) is 0 Å². The van der Waals surface area contributed by atoms with Gasteiger partial charge in [-0.15, -0.1) is 0 Å². The largest absolute Gasteiger partial charge is 0.346 e. The zero-order chi connectivity index (χ0) is 14.0. The Bertz CT molecular complexity index is 485. The van der Waals surface area contributed by atoms with E-state index in [4.69, 9.17) is 5.84 Å². The van der Waals surface area contributed by atoms with Crippen molar-refractivity contribution < 1.29 is 4.92 Å². The second kappa shape index (κ2) is 5.57. The van der Waals surface area contributed by atoms with Gasteiger partial charge < -0.3 is 4.90 Å². The minimum Gasteiger partial charge on any atom is -0.346 e. The summed E-state index contributed by atoms with van der Waals surface area (Å²) in [7, 11) is 0. The van der Waals surface area contributed by atoms with Gasteiger partial charge in [-0.05, 0) is 6.92 Å². The van der Waals surface area contributed by atoms with Crippen molar-refractivity contribution in [1.82, 2.24) is 9.97 Å². The average Bonchev–Trinajstić information content (AvgIpc) is 2.41. The second-order valence-corrected chi connectivity index (χ2v) is 5.80. The fraction of sp³-hybridized carbons (Fsp3) is 0.600. The first kappa shape index (κ1) is 13.8. The van der Waals surface area contributed by atoms with E-state index in [1.165, 1.54) is 6.20 Å². The molecule has 2 heterocycles. The Morgan fingerprint density at radius 3 is 3.00 bits per heavy atom. The second-order valence-electron chi connectivity index (χ2n) is 4.31. The summed E-state index contributed by atoms with van der Waals surface area (Å²) < 4.78 is 0. The smallest absolute Gasteiger partial charge is 0.329 e. The topological polar surface area (TPSA) is 110 Å². The summed E-state index contributed by atoms with van der Waals surface area (Å²) in [5, 5.41) is 11.5. The standard InChI is InChI=1S/C10H16N6O2S/c1-6-7(2)19-4-3-15(6)9-8(16(17)18)5-12-10(13-9)14-11/h5-7H,3-4,11H2,1-2H3,(H,12,13,14). The van der Waals surface area contributed by atoms with Gasteiger partial charge in [0.2, 0.25) is 11.8 Å². The molecule has 1 aliphatic rings. The summed E-state index contributed by atoms with van der Waals surface area (Å²) >= 11 is 1.85. The van der Waals surface area contributed by atoms with Crippen molar-refractivity contribution in [2.24, 2.45) is 5.84 Å². The fourth-order valence-electron chi connectivity index (χ4n) is 2.01. The number of thioether (sulfide) groups is 1. The SMILES string of the molecule is CC1SCCN(c2nc(NN)ncc2[N+](=O)[O-])C1C. The third-order valence-corrected chi connectivity index (χ3v) is 4.57. The number of hydrogen-bond donors (Lipinski definition) is 2. The highest BCUT2D eigenvalue weighted by atomic mass is 32.2. The van der Waals surface area contributed by atoms with Crippen LogP contribution >= 0.6 is 11.8 Å². The van der Waals surface area contributed by atoms with Gasteiger partial charge in [0.1, 0.15) is 6.20 Å². The molecule has 1 aromatic heterocycles. The zero-order valence-electron chi connectivity index (χ0n) is 10.7. The third kappa shape index (κ3) is 2.71. The van der Waals surface area contributed by atoms with Crippen LogP contribution in [0.2, 0.25) is 0 Å². The van der Waals surface area contributed by atoms with E-state index in [1.807, 2.05) is 23.6 Å². The predicted octanol–water partition coefficient (Wildman–Crippen LogP) is 1.00. The molecular weight excluding hydrogens is 268 g/mol. The van der Waals surface area contributed by atoms with E-state index in [0.717, 1.165) is 12.3 Å². The molecule has 0 bridgehead atoms. The maximum atomic E-state index is 11.1. The number of nitrogens with two attached hydrogens (primary N) is 1. The minimum absolute atomic E-state index is 0.0926. The van der Waals surface area contributed by atoms with Crippen LogP contribution in [0.3, 0.4) is 0 Å². The molecule has 0 spiro atoms. The Morgan fingerprint density at radius 2 is 2.37 bits per heavy atom. The van der Waals surface area contributed by atoms with E-state index >= 15 is 0 Å². The molecule has 1 saturated heterocycles. The highest BCUT2D eigenvalue weighted by Gasteiger charge is 2.31. The number of nitrogen functional groups attached to an aromatic ring is 1. The van der Waals surface area contributed by atoms with E-state index in [-0.39, 0.29) is 17.7 Å². The number of hydrogen-bond acceptors (Lipinski definition) is 8. The van der Waals surface area contributed by atoms with Crippen LogP contribution in [0.15, 0.2) is 6.20 Å². The number of nitrogens with one attached hydrogen (secondary N) is 1. The quantitative estimate of drug-likeness (QED) is 0.480. The Kier molecular flexibility index (Phi) is 4.05. The monoisotopic (exact) mass is 284 g/mol. The lowest BCUT2D eigenvalue weighted by Gasteiger charge is -2.37. The molecule has 19 heavy (non-hydrogen) atoms. The Morgan fingerprint density at radius 1 is 1.63 bits per heavy atom. The minimum atomic E-state index is -0.464. The van der Waals surface area contributed by atoms with Crippen molar-refractivity contribution >= 4 is 29.2 Å². The van der Waals surface area contributed by atoms with E-state index in [2.05, 4.69) is 22.3 Å². The maximum absolute atomic E-state index is 11.1. The highest BCUT2D eigenvalue weighted by molar-refractivity contribution is 8.00. The third-order valence-electron chi connectivity index (χ3n) is 3.23. The summed E-state index contributed by atoms with van der Waals surface area (Å²) in [5.41, 5.74) is 2.23. The van der Waals surface area contributed by atoms with Crippen LogP contribution in [-0.2, 0) is 0 Å². The molecule has 0 amide bonds. The first-order chi connectivity index (χ1) is 9.04. The summed E-state index contributed by atoms with van der Waals surface area (Å²) in [6.45, 7) is 4.87. The maximum Gasteiger partial charge on any atom is 0.329 e. The lowest BCUT2D eigenvalue weighted by atomic mass is 10.2. The molecule has 104 valence electrons. The van der Waals surface area contributed by atoms with Gasteiger partial charge in [0.05, 0.1) is 4.92 Å². The number of nitro groups is 1. The van der Waals surface area contributed by atoms with Gasteiger partial charge in [-0.3, -0.25) is 15.5 Å². The van der Waals surface area contributed by atoms with Crippen molar-refractivity contribution in [2.45, 2.75) is 25.1 Å². The summed E-state index contributed by atoms with van der Waals surface area (Å²) in [4.78, 5) is 20.5. The molecule has 2 rings (SSSR count). The number of hydrazine groups is 1. The lowest BCUT2D eigenvalue weighted by molar-refractivity contribution is -0.384. The Balaban J connectivity index is 2.43. The molecule has 0 aromatic carbocycles. The molecule has 3 N–H and O–H groups in total. The molecular formula is C10H16N6O2S. The van der Waals surface area contributed by atoms with Crippen LogP contribution in [0.5, 0.6) is 0 Å². The van der Waals surface area contributed by atoms with Crippen molar-refractivity contribution in [3.8, 4) is 0 Å². The first-order valence-corrected chi connectivity index (χ1v) is 6.95. The molecule has 0 saturated carbocycles. The molecule has 9 heteroatoms. The van der Waals surface area contributed by atoms with Gasteiger partial charge in [-0.2, -0.15) is 16.7 Å². The zero-order valence-corrected chi connectivity index (χ0v) is 11.6. The number of nitrogens with zero attached hydrogens (tertiary/aromatic N) is 4. The van der Waals surface area contributed by atoms with Crippen LogP contribution in [0, 0.1) is 10.1 Å². The molecule has 1 aliphatic heterocycles. The van der Waals surface area contributed by atoms with Crippen LogP contribution in [-0.4, -0.2) is 38.5 Å². The molecule has 0 aliphatic carbocycles. The van der Waals surface area contributed by atoms with Crippen molar-refractivity contribution in [2.75, 3.05) is 22.6 Å². The van der Waals surface area contributed by atoms with Gasteiger partial charge >= 0.3 is 5.69 Å². The van der Waals surface area contributed by atoms with Gasteiger partial charge in [0.15, 0.2) is 0 Å². The van der Waals surface area contributed by atoms with E-state index in [0.29, 0.717) is 11.1 Å². The normalized spacial score (nSPS) is 23.2.